The summed E-state index contributed by atoms with van der Waals surface area (Å²) < 4.78 is 1.85. The molecule has 1 aliphatic heterocycles. The molecule has 1 N–H and O–H groups in total. The molecule has 4 heteroatoms. The van der Waals surface area contributed by atoms with Crippen molar-refractivity contribution in [2.45, 2.75) is 32.5 Å². The standard InChI is InChI=1S/C17H24N4/c1-13-9-21(10-14(2)19-13)11-15-5-4-6-16(7-15)17-8-18-20(3)12-17/h4-8,12-14,19H,9-11H2,1-3H3/t13-,14-/m1/s1. The third kappa shape index (κ3) is 3.52. The molecule has 4 nitrogen and oxygen atoms in total. The van der Waals surface area contributed by atoms with Crippen LogP contribution in [0.5, 0.6) is 0 Å². The van der Waals surface area contributed by atoms with Gasteiger partial charge in [-0.3, -0.25) is 9.58 Å². The van der Waals surface area contributed by atoms with Crippen LogP contribution in [0.25, 0.3) is 11.1 Å². The van der Waals surface area contributed by atoms with E-state index >= 15 is 0 Å². The fourth-order valence-corrected chi connectivity index (χ4v) is 3.25. The van der Waals surface area contributed by atoms with Crippen molar-refractivity contribution in [2.75, 3.05) is 13.1 Å². The van der Waals surface area contributed by atoms with Gasteiger partial charge >= 0.3 is 0 Å². The van der Waals surface area contributed by atoms with Crippen molar-refractivity contribution in [2.24, 2.45) is 7.05 Å². The molecule has 112 valence electrons. The summed E-state index contributed by atoms with van der Waals surface area (Å²) >= 11 is 0. The molecule has 0 bridgehead atoms. The highest BCUT2D eigenvalue weighted by Gasteiger charge is 2.20. The number of benzene rings is 1. The Morgan fingerprint density at radius 3 is 2.62 bits per heavy atom. The number of hydrogen-bond donors (Lipinski definition) is 1. The number of nitrogens with one attached hydrogen (secondary N) is 1. The highest BCUT2D eigenvalue weighted by atomic mass is 15.2. The second-order valence-electron chi connectivity index (χ2n) is 6.27. The first-order valence-electron chi connectivity index (χ1n) is 7.66. The van der Waals surface area contributed by atoms with Gasteiger partial charge in [0.1, 0.15) is 0 Å². The minimum atomic E-state index is 0.565. The molecule has 0 unspecified atom stereocenters. The molecule has 0 radical (unpaired) electrons. The molecule has 0 spiro atoms. The monoisotopic (exact) mass is 284 g/mol. The Hall–Kier alpha value is -1.65. The summed E-state index contributed by atoms with van der Waals surface area (Å²) in [6, 6.07) is 9.94. The lowest BCUT2D eigenvalue weighted by molar-refractivity contribution is 0.166. The highest BCUT2D eigenvalue weighted by Crippen LogP contribution is 2.20. The Balaban J connectivity index is 1.74. The van der Waals surface area contributed by atoms with E-state index in [1.54, 1.807) is 0 Å². The van der Waals surface area contributed by atoms with Gasteiger partial charge in [0.2, 0.25) is 0 Å². The summed E-state index contributed by atoms with van der Waals surface area (Å²) in [5.74, 6) is 0. The van der Waals surface area contributed by atoms with E-state index in [0.717, 1.165) is 19.6 Å². The van der Waals surface area contributed by atoms with Gasteiger partial charge in [-0.2, -0.15) is 5.10 Å². The van der Waals surface area contributed by atoms with Crippen LogP contribution in [0, 0.1) is 0 Å². The van der Waals surface area contributed by atoms with E-state index in [4.69, 9.17) is 0 Å². The maximum Gasteiger partial charge on any atom is 0.0568 e. The maximum atomic E-state index is 4.26. The van der Waals surface area contributed by atoms with Crippen molar-refractivity contribution in [1.29, 1.82) is 0 Å². The SMILES string of the molecule is C[C@@H]1CN(Cc2cccc(-c3cnn(C)c3)c2)C[C@@H](C)N1. The Kier molecular flexibility index (Phi) is 4.08. The summed E-state index contributed by atoms with van der Waals surface area (Å²) in [5, 5.41) is 7.84. The van der Waals surface area contributed by atoms with Crippen LogP contribution < -0.4 is 5.32 Å². The van der Waals surface area contributed by atoms with Crippen LogP contribution in [-0.2, 0) is 13.6 Å². The lowest BCUT2D eigenvalue weighted by Gasteiger charge is -2.36. The second kappa shape index (κ2) is 6.00. The Morgan fingerprint density at radius 2 is 1.95 bits per heavy atom. The molecule has 2 aromatic rings. The molecule has 0 saturated carbocycles. The molecule has 1 aliphatic rings. The predicted octanol–water partition coefficient (Wildman–Crippen LogP) is 2.27. The molecule has 2 heterocycles. The van der Waals surface area contributed by atoms with E-state index in [9.17, 15) is 0 Å². The first kappa shape index (κ1) is 14.3. The number of hydrogen-bond acceptors (Lipinski definition) is 3. The molecule has 21 heavy (non-hydrogen) atoms. The van der Waals surface area contributed by atoms with Crippen molar-refractivity contribution < 1.29 is 0 Å². The summed E-state index contributed by atoms with van der Waals surface area (Å²) in [6.45, 7) is 7.76. The smallest absolute Gasteiger partial charge is 0.0568 e. The summed E-state index contributed by atoms with van der Waals surface area (Å²) in [7, 11) is 1.96. The minimum Gasteiger partial charge on any atom is -0.309 e. The van der Waals surface area contributed by atoms with Crippen LogP contribution in [0.1, 0.15) is 19.4 Å². The number of rotatable bonds is 3. The Morgan fingerprint density at radius 1 is 1.19 bits per heavy atom. The normalized spacial score (nSPS) is 23.4. The van der Waals surface area contributed by atoms with Crippen molar-refractivity contribution in [3.8, 4) is 11.1 Å². The molecule has 0 aliphatic carbocycles. The second-order valence-corrected chi connectivity index (χ2v) is 6.27. The van der Waals surface area contributed by atoms with Crippen LogP contribution in [-0.4, -0.2) is 39.9 Å². The van der Waals surface area contributed by atoms with Gasteiger partial charge in [0.15, 0.2) is 0 Å². The number of piperazine rings is 1. The zero-order valence-electron chi connectivity index (χ0n) is 13.1. The number of aryl methyl sites for hydroxylation is 1. The van der Waals surface area contributed by atoms with Gasteiger partial charge in [0.05, 0.1) is 6.20 Å². The van der Waals surface area contributed by atoms with Gasteiger partial charge in [-0.15, -0.1) is 0 Å². The fraction of sp³-hybridized carbons (Fsp3) is 0.471. The number of nitrogens with zero attached hydrogens (tertiary/aromatic N) is 3. The maximum absolute atomic E-state index is 4.26. The van der Waals surface area contributed by atoms with Crippen molar-refractivity contribution in [3.05, 3.63) is 42.2 Å². The van der Waals surface area contributed by atoms with E-state index in [-0.39, 0.29) is 0 Å². The molecular weight excluding hydrogens is 260 g/mol. The molecule has 2 atom stereocenters. The zero-order valence-corrected chi connectivity index (χ0v) is 13.1. The van der Waals surface area contributed by atoms with Gasteiger partial charge in [-0.25, -0.2) is 0 Å². The molecular formula is C17H24N4. The topological polar surface area (TPSA) is 33.1 Å². The van der Waals surface area contributed by atoms with Gasteiger partial charge in [-0.1, -0.05) is 18.2 Å². The molecule has 1 aromatic heterocycles. The molecule has 0 amide bonds. The van der Waals surface area contributed by atoms with E-state index in [1.165, 1.54) is 16.7 Å². The molecule has 1 saturated heterocycles. The summed E-state index contributed by atoms with van der Waals surface area (Å²) in [5.41, 5.74) is 3.80. The van der Waals surface area contributed by atoms with Gasteiger partial charge in [0, 0.05) is 50.5 Å². The third-order valence-electron chi connectivity index (χ3n) is 4.00. The summed E-state index contributed by atoms with van der Waals surface area (Å²) in [4.78, 5) is 2.54. The van der Waals surface area contributed by atoms with Crippen molar-refractivity contribution in [3.63, 3.8) is 0 Å². The first-order valence-corrected chi connectivity index (χ1v) is 7.66. The predicted molar refractivity (Wildman–Crippen MR) is 86.0 cm³/mol. The average Bonchev–Trinajstić information content (AvgIpc) is 2.84. The molecule has 1 fully saturated rings. The largest absolute Gasteiger partial charge is 0.309 e. The van der Waals surface area contributed by atoms with Crippen LogP contribution >= 0.6 is 0 Å². The fourth-order valence-electron chi connectivity index (χ4n) is 3.25. The van der Waals surface area contributed by atoms with Gasteiger partial charge in [0.25, 0.3) is 0 Å². The van der Waals surface area contributed by atoms with Crippen LogP contribution in [0.15, 0.2) is 36.7 Å². The average molecular weight is 284 g/mol. The quantitative estimate of drug-likeness (QED) is 0.938. The van der Waals surface area contributed by atoms with E-state index < -0.39 is 0 Å². The lowest BCUT2D eigenvalue weighted by atomic mass is 10.0. The number of aromatic nitrogens is 2. The van der Waals surface area contributed by atoms with Gasteiger partial charge in [-0.05, 0) is 31.0 Å². The van der Waals surface area contributed by atoms with Crippen molar-refractivity contribution >= 4 is 0 Å². The van der Waals surface area contributed by atoms with Crippen LogP contribution in [0.3, 0.4) is 0 Å². The lowest BCUT2D eigenvalue weighted by Crippen LogP contribution is -2.53. The highest BCUT2D eigenvalue weighted by molar-refractivity contribution is 5.62. The molecule has 3 rings (SSSR count). The first-order chi connectivity index (χ1) is 10.1. The van der Waals surface area contributed by atoms with Crippen LogP contribution in [0.2, 0.25) is 0 Å². The van der Waals surface area contributed by atoms with E-state index in [2.05, 4.69) is 59.6 Å². The third-order valence-corrected chi connectivity index (χ3v) is 4.00. The molecule has 1 aromatic carbocycles. The minimum absolute atomic E-state index is 0.565. The zero-order chi connectivity index (χ0) is 14.8. The van der Waals surface area contributed by atoms with Crippen molar-refractivity contribution in [1.82, 2.24) is 20.0 Å². The Bertz CT molecular complexity index is 594. The Labute approximate surface area is 126 Å². The summed E-state index contributed by atoms with van der Waals surface area (Å²) in [6.07, 6.45) is 3.99. The van der Waals surface area contributed by atoms with E-state index in [1.807, 2.05) is 17.9 Å². The van der Waals surface area contributed by atoms with Crippen LogP contribution in [0.4, 0.5) is 0 Å². The van der Waals surface area contributed by atoms with Gasteiger partial charge < -0.3 is 5.32 Å². The van der Waals surface area contributed by atoms with E-state index in [0.29, 0.717) is 12.1 Å².